The van der Waals surface area contributed by atoms with Crippen LogP contribution in [0.3, 0.4) is 0 Å². The number of halogens is 2. The summed E-state index contributed by atoms with van der Waals surface area (Å²) >= 11 is 3.12. The van der Waals surface area contributed by atoms with Crippen LogP contribution in [0.25, 0.3) is 0 Å². The molecule has 1 rings (SSSR count). The highest BCUT2D eigenvalue weighted by molar-refractivity contribution is 9.10. The monoisotopic (exact) mass is 354 g/mol. The van der Waals surface area contributed by atoms with Gasteiger partial charge in [0, 0.05) is 16.1 Å². The summed E-state index contributed by atoms with van der Waals surface area (Å²) in [6.07, 6.45) is -0.898. The van der Waals surface area contributed by atoms with Gasteiger partial charge in [-0.3, -0.25) is 10.1 Å². The van der Waals surface area contributed by atoms with E-state index in [0.717, 1.165) is 0 Å². The van der Waals surface area contributed by atoms with Crippen molar-refractivity contribution >= 4 is 34.0 Å². The number of nitrogens with two attached hydrogens (primary N) is 1. The number of hydrogen-bond acceptors (Lipinski definition) is 5. The Balaban J connectivity index is 0.00000324. The molecule has 0 aromatic heterocycles. The Kier molecular flexibility index (Phi) is 6.71. The van der Waals surface area contributed by atoms with Crippen LogP contribution in [-0.4, -0.2) is 21.2 Å². The van der Waals surface area contributed by atoms with Crippen LogP contribution >= 0.6 is 28.3 Å². The molecule has 0 bridgehead atoms. The molecular formula is C11H16BrClN2O4. The van der Waals surface area contributed by atoms with Crippen LogP contribution in [0.1, 0.15) is 25.5 Å². The molecule has 0 radical (unpaired) electrons. The number of nitro groups is 1. The van der Waals surface area contributed by atoms with Crippen LogP contribution in [0.4, 0.5) is 5.69 Å². The summed E-state index contributed by atoms with van der Waals surface area (Å²) in [7, 11) is 0. The Morgan fingerprint density at radius 1 is 1.42 bits per heavy atom. The van der Waals surface area contributed by atoms with Gasteiger partial charge in [-0.25, -0.2) is 0 Å². The summed E-state index contributed by atoms with van der Waals surface area (Å²) in [5.41, 5.74) is 5.54. The van der Waals surface area contributed by atoms with Crippen molar-refractivity contribution in [2.24, 2.45) is 11.7 Å². The minimum Gasteiger partial charge on any atom is -0.502 e. The van der Waals surface area contributed by atoms with E-state index in [-0.39, 0.29) is 23.9 Å². The Morgan fingerprint density at radius 3 is 2.37 bits per heavy atom. The van der Waals surface area contributed by atoms with E-state index < -0.39 is 28.5 Å². The summed E-state index contributed by atoms with van der Waals surface area (Å²) in [4.78, 5) is 10.1. The van der Waals surface area contributed by atoms with Gasteiger partial charge in [0.2, 0.25) is 0 Å². The molecule has 0 aliphatic heterocycles. The predicted octanol–water partition coefficient (Wildman–Crippen LogP) is 2.50. The molecule has 1 aromatic carbocycles. The maximum atomic E-state index is 10.8. The number of nitro benzene ring substituents is 1. The predicted molar refractivity (Wildman–Crippen MR) is 77.5 cm³/mol. The average Bonchev–Trinajstić information content (AvgIpc) is 2.29. The van der Waals surface area contributed by atoms with Crippen LogP contribution in [-0.2, 0) is 0 Å². The fraction of sp³-hybridized carbons (Fsp3) is 0.455. The Hall–Kier alpha value is -0.890. The molecule has 1 aromatic rings. The zero-order valence-corrected chi connectivity index (χ0v) is 12.8. The van der Waals surface area contributed by atoms with Gasteiger partial charge in [-0.05, 0) is 12.0 Å². The largest absolute Gasteiger partial charge is 0.502 e. The number of phenols is 1. The molecular weight excluding hydrogens is 339 g/mol. The molecule has 0 saturated carbocycles. The van der Waals surface area contributed by atoms with E-state index in [0.29, 0.717) is 4.47 Å². The molecule has 0 heterocycles. The lowest BCUT2D eigenvalue weighted by Crippen LogP contribution is -2.30. The zero-order chi connectivity index (χ0) is 14.0. The van der Waals surface area contributed by atoms with E-state index in [1.54, 1.807) is 13.8 Å². The van der Waals surface area contributed by atoms with Crippen LogP contribution in [0, 0.1) is 16.0 Å². The van der Waals surface area contributed by atoms with Gasteiger partial charge in [0.15, 0.2) is 5.75 Å². The molecule has 0 fully saturated rings. The Bertz CT molecular complexity index is 470. The normalized spacial score (nSPS) is 13.8. The maximum absolute atomic E-state index is 10.8. The topological polar surface area (TPSA) is 110 Å². The molecule has 0 spiro atoms. The van der Waals surface area contributed by atoms with Gasteiger partial charge in [0.05, 0.1) is 17.1 Å². The number of benzene rings is 1. The Morgan fingerprint density at radius 2 is 1.95 bits per heavy atom. The molecule has 0 saturated heterocycles. The second-order valence-electron chi connectivity index (χ2n) is 4.38. The van der Waals surface area contributed by atoms with Gasteiger partial charge in [0.1, 0.15) is 0 Å². The first kappa shape index (κ1) is 18.1. The Labute approximate surface area is 125 Å². The third-order valence-electron chi connectivity index (χ3n) is 2.69. The quantitative estimate of drug-likeness (QED) is 0.568. The van der Waals surface area contributed by atoms with Crippen molar-refractivity contribution in [2.75, 3.05) is 0 Å². The number of aliphatic hydroxyl groups excluding tert-OH is 1. The first-order chi connectivity index (χ1) is 8.25. The summed E-state index contributed by atoms with van der Waals surface area (Å²) < 4.78 is 0.424. The molecule has 2 atom stereocenters. The summed E-state index contributed by atoms with van der Waals surface area (Å²) in [6, 6.07) is 1.77. The van der Waals surface area contributed by atoms with Gasteiger partial charge in [-0.2, -0.15) is 0 Å². The second-order valence-corrected chi connectivity index (χ2v) is 5.30. The molecule has 0 aliphatic carbocycles. The van der Waals surface area contributed by atoms with E-state index in [1.807, 2.05) is 0 Å². The first-order valence-corrected chi connectivity index (χ1v) is 6.15. The molecule has 6 nitrogen and oxygen atoms in total. The highest BCUT2D eigenvalue weighted by Gasteiger charge is 2.27. The molecule has 0 unspecified atom stereocenters. The van der Waals surface area contributed by atoms with Crippen molar-refractivity contribution in [3.63, 3.8) is 0 Å². The van der Waals surface area contributed by atoms with Gasteiger partial charge in [0.25, 0.3) is 0 Å². The van der Waals surface area contributed by atoms with Gasteiger partial charge in [-0.1, -0.05) is 29.8 Å². The van der Waals surface area contributed by atoms with Crippen molar-refractivity contribution in [3.8, 4) is 5.75 Å². The van der Waals surface area contributed by atoms with Gasteiger partial charge >= 0.3 is 5.69 Å². The van der Waals surface area contributed by atoms with Crippen molar-refractivity contribution in [2.45, 2.75) is 26.0 Å². The summed E-state index contributed by atoms with van der Waals surface area (Å²) in [5.74, 6) is -0.632. The fourth-order valence-electron chi connectivity index (χ4n) is 1.60. The second kappa shape index (κ2) is 7.04. The average molecular weight is 356 g/mol. The van der Waals surface area contributed by atoms with Crippen LogP contribution in [0.5, 0.6) is 5.75 Å². The standard InChI is InChI=1S/C11H15BrN2O4.ClH/c1-5(2)10(15)9(13)7-3-6(12)4-8(11(7)16)14(17)18;/h3-5,9-10,15-16H,13H2,1-2H3;1H/t9-,10+;/m0./s1. The van der Waals surface area contributed by atoms with Gasteiger partial charge in [-0.15, -0.1) is 12.4 Å². The van der Waals surface area contributed by atoms with Gasteiger partial charge < -0.3 is 15.9 Å². The number of aromatic hydroxyl groups is 1. The summed E-state index contributed by atoms with van der Waals surface area (Å²) in [6.45, 7) is 3.54. The van der Waals surface area contributed by atoms with Crippen LogP contribution < -0.4 is 5.73 Å². The van der Waals surface area contributed by atoms with E-state index in [2.05, 4.69) is 15.9 Å². The van der Waals surface area contributed by atoms with E-state index in [1.165, 1.54) is 12.1 Å². The third-order valence-corrected chi connectivity index (χ3v) is 3.15. The maximum Gasteiger partial charge on any atom is 0.312 e. The number of hydrogen-bond donors (Lipinski definition) is 3. The molecule has 0 aliphatic rings. The number of rotatable bonds is 4. The molecule has 0 amide bonds. The SMILES string of the molecule is CC(C)[C@@H](O)[C@@H](N)c1cc(Br)cc([N+](=O)[O-])c1O.Cl. The minimum absolute atomic E-state index is 0. The third kappa shape index (κ3) is 4.04. The molecule has 19 heavy (non-hydrogen) atoms. The number of aliphatic hydroxyl groups is 1. The highest BCUT2D eigenvalue weighted by Crippen LogP contribution is 2.37. The van der Waals surface area contributed by atoms with Crippen molar-refractivity contribution < 1.29 is 15.1 Å². The smallest absolute Gasteiger partial charge is 0.312 e. The van der Waals surface area contributed by atoms with E-state index in [4.69, 9.17) is 5.73 Å². The lowest BCUT2D eigenvalue weighted by atomic mass is 9.93. The molecule has 108 valence electrons. The molecule has 4 N–H and O–H groups in total. The first-order valence-electron chi connectivity index (χ1n) is 5.36. The van der Waals surface area contributed by atoms with Crippen LogP contribution in [0.2, 0.25) is 0 Å². The molecule has 8 heteroatoms. The van der Waals surface area contributed by atoms with Crippen molar-refractivity contribution in [1.82, 2.24) is 0 Å². The summed E-state index contributed by atoms with van der Waals surface area (Å²) in [5, 5.41) is 30.5. The van der Waals surface area contributed by atoms with E-state index in [9.17, 15) is 20.3 Å². The fourth-order valence-corrected chi connectivity index (χ4v) is 2.06. The highest BCUT2D eigenvalue weighted by atomic mass is 79.9. The lowest BCUT2D eigenvalue weighted by Gasteiger charge is -2.23. The van der Waals surface area contributed by atoms with E-state index >= 15 is 0 Å². The lowest BCUT2D eigenvalue weighted by molar-refractivity contribution is -0.386. The minimum atomic E-state index is -0.898. The van der Waals surface area contributed by atoms with Crippen molar-refractivity contribution in [3.05, 3.63) is 32.3 Å². The van der Waals surface area contributed by atoms with Crippen LogP contribution in [0.15, 0.2) is 16.6 Å². The number of nitrogens with zero attached hydrogens (tertiary/aromatic N) is 1. The number of phenolic OH excluding ortho intramolecular Hbond substituents is 1. The van der Waals surface area contributed by atoms with Crippen molar-refractivity contribution in [1.29, 1.82) is 0 Å². The zero-order valence-electron chi connectivity index (χ0n) is 10.4.